The molecule has 3 aromatic rings. The zero-order chi connectivity index (χ0) is 22.9. The van der Waals surface area contributed by atoms with Crippen LogP contribution in [0.25, 0.3) is 5.57 Å². The monoisotopic (exact) mass is 435 g/mol. The minimum absolute atomic E-state index is 0.368. The lowest BCUT2D eigenvalue weighted by Gasteiger charge is -2.19. The minimum Gasteiger partial charge on any atom is -0.340 e. The highest BCUT2D eigenvalue weighted by molar-refractivity contribution is 5.79. The Morgan fingerprint density at radius 1 is 1.03 bits per heavy atom. The molecule has 2 heterocycles. The summed E-state index contributed by atoms with van der Waals surface area (Å²) in [6.45, 7) is 10.8. The van der Waals surface area contributed by atoms with Crippen molar-refractivity contribution in [2.24, 2.45) is 17.8 Å². The standard InChI is InChI=1S/C29H26FN3/c1-18(20(3)33-28-10-9-25(30)17-32-28)26-13-23(14-27-19(2)29(26)27)24-12-22(15-31-16-24)11-21-7-5-4-6-8-21/h4-10,12-17,19,27,29H,1,3,11H2,2H3,(H,32,33). The average Bonchev–Trinajstić information content (AvgIpc) is 3.50. The number of anilines is 1. The van der Waals surface area contributed by atoms with Crippen molar-refractivity contribution in [1.82, 2.24) is 9.97 Å². The fourth-order valence-electron chi connectivity index (χ4n) is 4.65. The smallest absolute Gasteiger partial charge is 0.141 e. The fourth-order valence-corrected chi connectivity index (χ4v) is 4.65. The van der Waals surface area contributed by atoms with E-state index in [0.29, 0.717) is 29.3 Å². The molecule has 3 atom stereocenters. The molecule has 0 bridgehead atoms. The van der Waals surface area contributed by atoms with E-state index in [2.05, 4.69) is 77.9 Å². The molecule has 0 aliphatic heterocycles. The van der Waals surface area contributed by atoms with E-state index in [1.54, 1.807) is 6.07 Å². The molecule has 0 radical (unpaired) electrons. The number of halogens is 1. The van der Waals surface area contributed by atoms with Crippen LogP contribution < -0.4 is 5.32 Å². The SMILES string of the molecule is C=C(Nc1ccc(F)cn1)C(=C)C1=CC(c2cncc(Cc3ccccc3)c2)=CC2C(C)C12. The Kier molecular flexibility index (Phi) is 5.51. The van der Waals surface area contributed by atoms with Crippen molar-refractivity contribution in [2.45, 2.75) is 13.3 Å². The third kappa shape index (κ3) is 4.42. The molecular formula is C29H26FN3. The summed E-state index contributed by atoms with van der Waals surface area (Å²) in [5.41, 5.74) is 7.48. The molecule has 2 aliphatic carbocycles. The van der Waals surface area contributed by atoms with Gasteiger partial charge in [0.2, 0.25) is 0 Å². The van der Waals surface area contributed by atoms with Crippen molar-refractivity contribution in [1.29, 1.82) is 0 Å². The van der Waals surface area contributed by atoms with Gasteiger partial charge in [-0.05, 0) is 75.8 Å². The van der Waals surface area contributed by atoms with E-state index in [1.807, 2.05) is 18.5 Å². The number of allylic oxidation sites excluding steroid dienone is 4. The molecule has 0 amide bonds. The predicted molar refractivity (Wildman–Crippen MR) is 132 cm³/mol. The molecule has 1 fully saturated rings. The maximum Gasteiger partial charge on any atom is 0.141 e. The van der Waals surface area contributed by atoms with Crippen LogP contribution in [0.3, 0.4) is 0 Å². The molecule has 4 heteroatoms. The molecule has 1 aromatic carbocycles. The summed E-state index contributed by atoms with van der Waals surface area (Å²) < 4.78 is 13.2. The van der Waals surface area contributed by atoms with Crippen LogP contribution in [-0.2, 0) is 6.42 Å². The maximum absolute atomic E-state index is 13.2. The predicted octanol–water partition coefficient (Wildman–Crippen LogP) is 6.59. The Morgan fingerprint density at radius 3 is 2.61 bits per heavy atom. The normalized spacial score (nSPS) is 20.8. The summed E-state index contributed by atoms with van der Waals surface area (Å²) >= 11 is 0. The van der Waals surface area contributed by atoms with E-state index in [4.69, 9.17) is 0 Å². The zero-order valence-electron chi connectivity index (χ0n) is 18.6. The molecule has 0 spiro atoms. The zero-order valence-corrected chi connectivity index (χ0v) is 18.6. The Balaban J connectivity index is 1.38. The van der Waals surface area contributed by atoms with E-state index in [1.165, 1.54) is 34.5 Å². The van der Waals surface area contributed by atoms with Crippen molar-refractivity contribution in [2.75, 3.05) is 5.32 Å². The summed E-state index contributed by atoms with van der Waals surface area (Å²) in [5, 5.41) is 3.17. The van der Waals surface area contributed by atoms with Crippen molar-refractivity contribution in [3.8, 4) is 0 Å². The number of rotatable bonds is 7. The molecule has 2 aliphatic rings. The van der Waals surface area contributed by atoms with Crippen LogP contribution in [0.1, 0.15) is 23.6 Å². The van der Waals surface area contributed by atoms with Gasteiger partial charge in [-0.2, -0.15) is 0 Å². The van der Waals surface area contributed by atoms with Gasteiger partial charge in [-0.15, -0.1) is 0 Å². The third-order valence-electron chi connectivity index (χ3n) is 6.59. The van der Waals surface area contributed by atoms with Crippen LogP contribution in [0.5, 0.6) is 0 Å². The van der Waals surface area contributed by atoms with Gasteiger partial charge in [0.1, 0.15) is 11.6 Å². The highest BCUT2D eigenvalue weighted by atomic mass is 19.1. The van der Waals surface area contributed by atoms with Gasteiger partial charge < -0.3 is 5.32 Å². The molecule has 5 rings (SSSR count). The van der Waals surface area contributed by atoms with Crippen LogP contribution >= 0.6 is 0 Å². The molecule has 3 nitrogen and oxygen atoms in total. The first-order valence-electron chi connectivity index (χ1n) is 11.2. The van der Waals surface area contributed by atoms with Crippen molar-refractivity contribution < 1.29 is 4.39 Å². The quantitative estimate of drug-likeness (QED) is 0.425. The second-order valence-corrected chi connectivity index (χ2v) is 8.87. The van der Waals surface area contributed by atoms with Crippen LogP contribution in [0, 0.1) is 23.6 Å². The van der Waals surface area contributed by atoms with Gasteiger partial charge in [0, 0.05) is 18.1 Å². The Bertz CT molecular complexity index is 1270. The largest absolute Gasteiger partial charge is 0.340 e. The molecule has 33 heavy (non-hydrogen) atoms. The Morgan fingerprint density at radius 2 is 1.85 bits per heavy atom. The van der Waals surface area contributed by atoms with E-state index in [-0.39, 0.29) is 5.82 Å². The lowest BCUT2D eigenvalue weighted by molar-refractivity contribution is 0.622. The topological polar surface area (TPSA) is 37.8 Å². The van der Waals surface area contributed by atoms with E-state index in [0.717, 1.165) is 17.6 Å². The second kappa shape index (κ2) is 8.62. The molecule has 0 saturated heterocycles. The Labute approximate surface area is 194 Å². The average molecular weight is 436 g/mol. The number of fused-ring (bicyclic) bond motifs is 1. The van der Waals surface area contributed by atoms with Gasteiger partial charge >= 0.3 is 0 Å². The summed E-state index contributed by atoms with van der Waals surface area (Å²) in [6.07, 6.45) is 10.5. The van der Waals surface area contributed by atoms with Crippen molar-refractivity contribution in [3.05, 3.63) is 132 Å². The van der Waals surface area contributed by atoms with Crippen LogP contribution in [-0.4, -0.2) is 9.97 Å². The van der Waals surface area contributed by atoms with Gasteiger partial charge in [-0.25, -0.2) is 9.37 Å². The van der Waals surface area contributed by atoms with E-state index in [9.17, 15) is 4.39 Å². The van der Waals surface area contributed by atoms with Gasteiger partial charge in [0.25, 0.3) is 0 Å². The summed E-state index contributed by atoms with van der Waals surface area (Å²) in [4.78, 5) is 8.59. The Hall–Kier alpha value is -3.79. The number of aromatic nitrogens is 2. The second-order valence-electron chi connectivity index (χ2n) is 8.87. The number of hydrogen-bond acceptors (Lipinski definition) is 3. The minimum atomic E-state index is -0.368. The number of pyridine rings is 2. The fraction of sp³-hybridized carbons (Fsp3) is 0.172. The summed E-state index contributed by atoms with van der Waals surface area (Å²) in [7, 11) is 0. The van der Waals surface area contributed by atoms with Crippen LogP contribution in [0.15, 0.2) is 109 Å². The van der Waals surface area contributed by atoms with E-state index < -0.39 is 0 Å². The lowest BCUT2D eigenvalue weighted by Crippen LogP contribution is -2.07. The first-order chi connectivity index (χ1) is 16.0. The first kappa shape index (κ1) is 21.1. The van der Waals surface area contributed by atoms with Crippen molar-refractivity contribution >= 4 is 11.4 Å². The molecule has 3 unspecified atom stereocenters. The van der Waals surface area contributed by atoms with Gasteiger partial charge in [-0.1, -0.05) is 62.6 Å². The maximum atomic E-state index is 13.2. The molecule has 1 N–H and O–H groups in total. The summed E-state index contributed by atoms with van der Waals surface area (Å²) in [5.74, 6) is 1.68. The lowest BCUT2D eigenvalue weighted by atomic mass is 9.89. The molecule has 2 aromatic heterocycles. The third-order valence-corrected chi connectivity index (χ3v) is 6.59. The number of nitrogens with zero attached hydrogens (tertiary/aromatic N) is 2. The van der Waals surface area contributed by atoms with Crippen LogP contribution in [0.2, 0.25) is 0 Å². The molecule has 164 valence electrons. The van der Waals surface area contributed by atoms with Crippen LogP contribution in [0.4, 0.5) is 10.2 Å². The van der Waals surface area contributed by atoms with Crippen molar-refractivity contribution in [3.63, 3.8) is 0 Å². The van der Waals surface area contributed by atoms with E-state index >= 15 is 0 Å². The molecule has 1 saturated carbocycles. The number of nitrogens with one attached hydrogen (secondary N) is 1. The number of hydrogen-bond donors (Lipinski definition) is 1. The first-order valence-corrected chi connectivity index (χ1v) is 11.2. The van der Waals surface area contributed by atoms with Gasteiger partial charge in [0.15, 0.2) is 0 Å². The van der Waals surface area contributed by atoms with Gasteiger partial charge in [0.05, 0.1) is 6.20 Å². The highest BCUT2D eigenvalue weighted by Crippen LogP contribution is 2.57. The summed E-state index contributed by atoms with van der Waals surface area (Å²) in [6, 6.07) is 15.6. The van der Waals surface area contributed by atoms with Gasteiger partial charge in [-0.3, -0.25) is 4.98 Å². The highest BCUT2D eigenvalue weighted by Gasteiger charge is 2.49. The molecular weight excluding hydrogens is 409 g/mol. The number of benzene rings is 1.